The number of carbonyl (C=O) groups is 2. The number of rotatable bonds is 3. The van der Waals surface area contributed by atoms with Crippen LogP contribution in [0.2, 0.25) is 0 Å². The fourth-order valence-electron chi connectivity index (χ4n) is 1.56. The first kappa shape index (κ1) is 12.1. The van der Waals surface area contributed by atoms with E-state index >= 15 is 0 Å². The molecule has 6 nitrogen and oxygen atoms in total. The Morgan fingerprint density at radius 2 is 2.17 bits per heavy atom. The maximum Gasteiger partial charge on any atom is 0.356 e. The van der Waals surface area contributed by atoms with Gasteiger partial charge in [-0.15, -0.1) is 0 Å². The van der Waals surface area contributed by atoms with Crippen molar-refractivity contribution in [2.75, 3.05) is 6.61 Å². The summed E-state index contributed by atoms with van der Waals surface area (Å²) >= 11 is 0. The highest BCUT2D eigenvalue weighted by Crippen LogP contribution is 2.13. The second kappa shape index (κ2) is 5.31. The Kier molecular flexibility index (Phi) is 3.57. The fourth-order valence-corrected chi connectivity index (χ4v) is 1.56. The number of hydrogen-bond donors (Lipinski definition) is 1. The topological polar surface area (TPSA) is 85.2 Å². The number of nitrogens with zero attached hydrogens (tertiary/aromatic N) is 1. The van der Waals surface area contributed by atoms with Crippen molar-refractivity contribution >= 4 is 17.7 Å². The van der Waals surface area contributed by atoms with Crippen LogP contribution in [0.3, 0.4) is 0 Å². The largest absolute Gasteiger partial charge is 0.458 e. The first-order valence-corrected chi connectivity index (χ1v) is 5.35. The molecule has 1 aliphatic heterocycles. The van der Waals surface area contributed by atoms with E-state index < -0.39 is 18.0 Å². The lowest BCUT2D eigenvalue weighted by molar-refractivity contribution is -0.138. The third-order valence-electron chi connectivity index (χ3n) is 2.46. The molecule has 1 fully saturated rings. The third-order valence-corrected chi connectivity index (χ3v) is 2.46. The first-order chi connectivity index (χ1) is 8.70. The lowest BCUT2D eigenvalue weighted by Gasteiger charge is -2.09. The standard InChI is InChI=1S/C12H11NO5/c14-11(8-4-2-1-3-5-8)17-7-9-6-10(13-16)12(15)18-9/h1-5,9,16H,6-7H2/b13-10-/t9-/m0/s1. The Bertz CT molecular complexity index is 483. The van der Waals surface area contributed by atoms with Crippen molar-refractivity contribution < 1.29 is 24.3 Å². The van der Waals surface area contributed by atoms with Gasteiger partial charge in [0.1, 0.15) is 12.7 Å². The second-order valence-electron chi connectivity index (χ2n) is 3.74. The van der Waals surface area contributed by atoms with Gasteiger partial charge >= 0.3 is 11.9 Å². The summed E-state index contributed by atoms with van der Waals surface area (Å²) in [6, 6.07) is 8.50. The number of ether oxygens (including phenoxy) is 2. The zero-order chi connectivity index (χ0) is 13.0. The molecule has 94 valence electrons. The summed E-state index contributed by atoms with van der Waals surface area (Å²) < 4.78 is 9.84. The third kappa shape index (κ3) is 2.65. The predicted molar refractivity (Wildman–Crippen MR) is 60.4 cm³/mol. The van der Waals surface area contributed by atoms with E-state index in [1.165, 1.54) is 0 Å². The zero-order valence-electron chi connectivity index (χ0n) is 9.41. The van der Waals surface area contributed by atoms with Crippen LogP contribution in [0.15, 0.2) is 35.5 Å². The van der Waals surface area contributed by atoms with Crippen molar-refractivity contribution in [3.05, 3.63) is 35.9 Å². The smallest absolute Gasteiger partial charge is 0.356 e. The van der Waals surface area contributed by atoms with Crippen LogP contribution in [0, 0.1) is 0 Å². The number of hydrogen-bond acceptors (Lipinski definition) is 6. The molecule has 0 aromatic heterocycles. The van der Waals surface area contributed by atoms with Gasteiger partial charge in [-0.3, -0.25) is 0 Å². The van der Waals surface area contributed by atoms with E-state index in [1.807, 2.05) is 0 Å². The van der Waals surface area contributed by atoms with Gasteiger partial charge in [-0.1, -0.05) is 23.4 Å². The molecule has 0 radical (unpaired) electrons. The average molecular weight is 249 g/mol. The number of benzene rings is 1. The molecule has 18 heavy (non-hydrogen) atoms. The van der Waals surface area contributed by atoms with E-state index in [1.54, 1.807) is 30.3 Å². The Labute approximate surface area is 103 Å². The zero-order valence-corrected chi connectivity index (χ0v) is 9.41. The molecule has 0 unspecified atom stereocenters. The summed E-state index contributed by atoms with van der Waals surface area (Å²) in [7, 11) is 0. The minimum Gasteiger partial charge on any atom is -0.458 e. The average Bonchev–Trinajstić information content (AvgIpc) is 2.77. The Morgan fingerprint density at radius 3 is 2.78 bits per heavy atom. The fraction of sp³-hybridized carbons (Fsp3) is 0.250. The highest BCUT2D eigenvalue weighted by atomic mass is 16.6. The summed E-state index contributed by atoms with van der Waals surface area (Å²) in [4.78, 5) is 22.7. The van der Waals surface area contributed by atoms with E-state index in [0.29, 0.717) is 5.56 Å². The molecule has 0 saturated carbocycles. The van der Waals surface area contributed by atoms with Gasteiger partial charge in [0.05, 0.1) is 5.56 Å². The summed E-state index contributed by atoms with van der Waals surface area (Å²) in [6.45, 7) is -0.0571. The molecule has 1 aromatic rings. The number of esters is 2. The van der Waals surface area contributed by atoms with Crippen LogP contribution in [0.4, 0.5) is 0 Å². The van der Waals surface area contributed by atoms with Gasteiger partial charge in [0.2, 0.25) is 0 Å². The van der Waals surface area contributed by atoms with Crippen LogP contribution >= 0.6 is 0 Å². The van der Waals surface area contributed by atoms with E-state index in [2.05, 4.69) is 5.16 Å². The van der Waals surface area contributed by atoms with Gasteiger partial charge in [-0.25, -0.2) is 9.59 Å². The van der Waals surface area contributed by atoms with E-state index in [0.717, 1.165) is 0 Å². The Morgan fingerprint density at radius 1 is 1.44 bits per heavy atom. The molecule has 0 spiro atoms. The van der Waals surface area contributed by atoms with Crippen molar-refractivity contribution in [2.45, 2.75) is 12.5 Å². The van der Waals surface area contributed by atoms with Crippen LogP contribution < -0.4 is 0 Å². The van der Waals surface area contributed by atoms with Crippen molar-refractivity contribution in [1.29, 1.82) is 0 Å². The van der Waals surface area contributed by atoms with E-state index in [4.69, 9.17) is 14.7 Å². The van der Waals surface area contributed by atoms with Gasteiger partial charge in [-0.05, 0) is 12.1 Å². The molecule has 1 aliphatic rings. The Hall–Kier alpha value is -2.37. The molecular weight excluding hydrogens is 238 g/mol. The second-order valence-corrected chi connectivity index (χ2v) is 3.74. The summed E-state index contributed by atoms with van der Waals surface area (Å²) in [5, 5.41) is 11.3. The van der Waals surface area contributed by atoms with Gasteiger partial charge in [0.15, 0.2) is 5.71 Å². The maximum absolute atomic E-state index is 11.6. The lowest BCUT2D eigenvalue weighted by Crippen LogP contribution is -2.18. The van der Waals surface area contributed by atoms with Crippen LogP contribution in [-0.2, 0) is 14.3 Å². The van der Waals surface area contributed by atoms with Crippen LogP contribution in [-0.4, -0.2) is 35.6 Å². The van der Waals surface area contributed by atoms with Crippen molar-refractivity contribution in [3.8, 4) is 0 Å². The number of oxime groups is 1. The minimum absolute atomic E-state index is 0.0571. The van der Waals surface area contributed by atoms with Gasteiger partial charge < -0.3 is 14.7 Å². The molecule has 2 rings (SSSR count). The van der Waals surface area contributed by atoms with E-state index in [9.17, 15) is 9.59 Å². The molecule has 1 N–H and O–H groups in total. The summed E-state index contributed by atoms with van der Waals surface area (Å²) in [5.41, 5.74) is 0.369. The van der Waals surface area contributed by atoms with Gasteiger partial charge in [0, 0.05) is 6.42 Å². The first-order valence-electron chi connectivity index (χ1n) is 5.35. The van der Waals surface area contributed by atoms with Crippen LogP contribution in [0.25, 0.3) is 0 Å². The summed E-state index contributed by atoms with van der Waals surface area (Å²) in [6.07, 6.45) is -0.451. The van der Waals surface area contributed by atoms with Crippen LogP contribution in [0.1, 0.15) is 16.8 Å². The molecule has 6 heteroatoms. The quantitative estimate of drug-likeness (QED) is 0.490. The van der Waals surface area contributed by atoms with Crippen molar-refractivity contribution in [1.82, 2.24) is 0 Å². The SMILES string of the molecule is O=C1O[C@H](COC(=O)c2ccccc2)C/C1=N/O. The lowest BCUT2D eigenvalue weighted by atomic mass is 10.2. The molecular formula is C12H11NO5. The van der Waals surface area contributed by atoms with Crippen molar-refractivity contribution in [2.24, 2.45) is 5.16 Å². The Balaban J connectivity index is 1.86. The number of cyclic esters (lactones) is 1. The van der Waals surface area contributed by atoms with Gasteiger partial charge in [0.25, 0.3) is 0 Å². The summed E-state index contributed by atoms with van der Waals surface area (Å²) in [5.74, 6) is -1.17. The minimum atomic E-state index is -0.682. The molecule has 1 heterocycles. The highest BCUT2D eigenvalue weighted by Gasteiger charge is 2.32. The normalized spacial score (nSPS) is 20.8. The highest BCUT2D eigenvalue weighted by molar-refractivity contribution is 6.37. The maximum atomic E-state index is 11.6. The van der Waals surface area contributed by atoms with Crippen LogP contribution in [0.5, 0.6) is 0 Å². The monoisotopic (exact) mass is 249 g/mol. The van der Waals surface area contributed by atoms with Gasteiger partial charge in [-0.2, -0.15) is 0 Å². The molecule has 0 bridgehead atoms. The number of carbonyl (C=O) groups excluding carboxylic acids is 2. The molecule has 1 saturated heterocycles. The molecule has 0 aliphatic carbocycles. The van der Waals surface area contributed by atoms with E-state index in [-0.39, 0.29) is 18.7 Å². The van der Waals surface area contributed by atoms with Crippen molar-refractivity contribution in [3.63, 3.8) is 0 Å². The molecule has 1 aromatic carbocycles. The predicted octanol–water partition coefficient (Wildman–Crippen LogP) is 0.989. The molecule has 1 atom stereocenters. The molecule has 0 amide bonds.